The van der Waals surface area contributed by atoms with Crippen molar-refractivity contribution in [1.82, 2.24) is 0 Å². The summed E-state index contributed by atoms with van der Waals surface area (Å²) in [5, 5.41) is 8.89. The Hall–Kier alpha value is -2.36. The molecule has 2 atom stereocenters. The van der Waals surface area contributed by atoms with E-state index in [0.29, 0.717) is 18.4 Å². The molecular formula is C28H37FO3. The fourth-order valence-corrected chi connectivity index (χ4v) is 5.13. The number of rotatable bonds is 11. The summed E-state index contributed by atoms with van der Waals surface area (Å²) < 4.78 is 19.9. The van der Waals surface area contributed by atoms with Gasteiger partial charge in [0.25, 0.3) is 0 Å². The van der Waals surface area contributed by atoms with Crippen LogP contribution < -0.4 is 4.74 Å². The molecule has 2 aromatic rings. The van der Waals surface area contributed by atoms with Crippen molar-refractivity contribution in [3.8, 4) is 16.9 Å². The second-order valence-electron chi connectivity index (χ2n) is 9.24. The predicted molar refractivity (Wildman–Crippen MR) is 128 cm³/mol. The molecule has 1 aliphatic rings. The van der Waals surface area contributed by atoms with Gasteiger partial charge in [-0.3, -0.25) is 0 Å². The lowest BCUT2D eigenvalue weighted by atomic mass is 9.73. The molecule has 0 heterocycles. The smallest absolute Gasteiger partial charge is 0.338 e. The topological polar surface area (TPSA) is 46.5 Å². The van der Waals surface area contributed by atoms with Crippen LogP contribution in [0, 0.1) is 17.8 Å². The normalized spacial score (nSPS) is 20.5. The van der Waals surface area contributed by atoms with Crippen LogP contribution in [0.2, 0.25) is 0 Å². The van der Waals surface area contributed by atoms with Crippen LogP contribution in [0.25, 0.3) is 11.1 Å². The molecule has 4 heteroatoms. The quantitative estimate of drug-likeness (QED) is 0.398. The summed E-state index contributed by atoms with van der Waals surface area (Å²) >= 11 is 0. The molecule has 2 aromatic carbocycles. The Labute approximate surface area is 192 Å². The van der Waals surface area contributed by atoms with Crippen LogP contribution in [-0.2, 0) is 11.2 Å². The van der Waals surface area contributed by atoms with E-state index >= 15 is 0 Å². The predicted octanol–water partition coefficient (Wildman–Crippen LogP) is 7.33. The van der Waals surface area contributed by atoms with Crippen LogP contribution in [0.15, 0.2) is 48.5 Å². The summed E-state index contributed by atoms with van der Waals surface area (Å²) in [6.45, 7) is 4.95. The molecule has 0 radical (unpaired) electrons. The average Bonchev–Trinajstić information content (AvgIpc) is 2.82. The first-order chi connectivity index (χ1) is 15.5. The first kappa shape index (κ1) is 24.3. The lowest BCUT2D eigenvalue weighted by Gasteiger charge is -2.33. The molecule has 32 heavy (non-hydrogen) atoms. The third-order valence-corrected chi connectivity index (χ3v) is 7.03. The minimum absolute atomic E-state index is 0.144. The summed E-state index contributed by atoms with van der Waals surface area (Å²) in [6.07, 6.45) is 5.56. The zero-order valence-electron chi connectivity index (χ0n) is 19.4. The number of ether oxygens (including phenoxy) is 1. The standard InChI is InChI=1S/C28H37FO3/c1-3-8-24-17-25(15-16-26(24)23-9-6-5-7-10-23)32-19-20-11-13-22(14-12-20)21(4-2)18-27(29)28(30)31/h5-7,9-10,15-17,20-22,27H,3-4,8,11-14,18-19H2,1-2H3,(H,30,31)/t20?,21?,22?,27-/m0/s1. The minimum Gasteiger partial charge on any atom is -0.493 e. The molecule has 3 rings (SSSR count). The Morgan fingerprint density at radius 3 is 2.44 bits per heavy atom. The number of hydrogen-bond acceptors (Lipinski definition) is 2. The molecule has 1 N–H and O–H groups in total. The van der Waals surface area contributed by atoms with E-state index in [1.165, 1.54) is 16.7 Å². The van der Waals surface area contributed by atoms with Crippen LogP contribution in [-0.4, -0.2) is 23.9 Å². The first-order valence-corrected chi connectivity index (χ1v) is 12.2. The van der Waals surface area contributed by atoms with Crippen LogP contribution in [0.1, 0.15) is 64.4 Å². The Balaban J connectivity index is 1.54. The molecule has 0 aliphatic heterocycles. The van der Waals surface area contributed by atoms with E-state index in [4.69, 9.17) is 9.84 Å². The van der Waals surface area contributed by atoms with Crippen molar-refractivity contribution in [2.45, 2.75) is 71.4 Å². The van der Waals surface area contributed by atoms with Crippen molar-refractivity contribution in [2.24, 2.45) is 17.8 Å². The number of aryl methyl sites for hydroxylation is 1. The summed E-state index contributed by atoms with van der Waals surface area (Å²) in [5.74, 6) is 0.697. The van der Waals surface area contributed by atoms with E-state index in [-0.39, 0.29) is 12.3 Å². The molecule has 1 unspecified atom stereocenters. The molecule has 0 amide bonds. The van der Waals surface area contributed by atoms with Gasteiger partial charge < -0.3 is 9.84 Å². The lowest BCUT2D eigenvalue weighted by molar-refractivity contribution is -0.143. The van der Waals surface area contributed by atoms with Gasteiger partial charge in [0.05, 0.1) is 6.61 Å². The van der Waals surface area contributed by atoms with E-state index in [0.717, 1.165) is 50.7 Å². The zero-order valence-corrected chi connectivity index (χ0v) is 19.4. The third kappa shape index (κ3) is 6.57. The fourth-order valence-electron chi connectivity index (χ4n) is 5.13. The number of halogens is 1. The number of benzene rings is 2. The molecule has 0 spiro atoms. The maximum absolute atomic E-state index is 13.7. The van der Waals surface area contributed by atoms with Gasteiger partial charge in [-0.05, 0) is 85.1 Å². The number of hydrogen-bond donors (Lipinski definition) is 1. The number of carbonyl (C=O) groups is 1. The van der Waals surface area contributed by atoms with Crippen molar-refractivity contribution < 1.29 is 19.0 Å². The monoisotopic (exact) mass is 440 g/mol. The molecule has 0 aromatic heterocycles. The van der Waals surface area contributed by atoms with Gasteiger partial charge in [0.2, 0.25) is 0 Å². The summed E-state index contributed by atoms with van der Waals surface area (Å²) in [5.41, 5.74) is 3.84. The molecule has 0 saturated heterocycles. The van der Waals surface area contributed by atoms with Crippen molar-refractivity contribution in [3.05, 3.63) is 54.1 Å². The van der Waals surface area contributed by atoms with Crippen molar-refractivity contribution >= 4 is 5.97 Å². The Bertz CT molecular complexity index is 843. The molecule has 1 aliphatic carbocycles. The SMILES string of the molecule is CCCc1cc(OCC2CCC(C(CC)C[C@H](F)C(=O)O)CC2)ccc1-c1ccccc1. The first-order valence-electron chi connectivity index (χ1n) is 12.2. The van der Waals surface area contributed by atoms with Crippen LogP contribution in [0.5, 0.6) is 5.75 Å². The number of alkyl halides is 1. The largest absolute Gasteiger partial charge is 0.493 e. The third-order valence-electron chi connectivity index (χ3n) is 7.03. The van der Waals surface area contributed by atoms with Gasteiger partial charge in [-0.1, -0.05) is 63.1 Å². The highest BCUT2D eigenvalue weighted by atomic mass is 19.1. The number of aliphatic carboxylic acids is 1. The molecule has 1 fully saturated rings. The van der Waals surface area contributed by atoms with Gasteiger partial charge in [-0.2, -0.15) is 0 Å². The van der Waals surface area contributed by atoms with E-state index in [1.54, 1.807) is 0 Å². The van der Waals surface area contributed by atoms with Crippen LogP contribution in [0.3, 0.4) is 0 Å². The van der Waals surface area contributed by atoms with E-state index < -0.39 is 12.1 Å². The highest BCUT2D eigenvalue weighted by Gasteiger charge is 2.30. The Morgan fingerprint density at radius 1 is 1.09 bits per heavy atom. The van der Waals surface area contributed by atoms with Gasteiger partial charge in [-0.25, -0.2) is 9.18 Å². The summed E-state index contributed by atoms with van der Waals surface area (Å²) in [6, 6.07) is 16.9. The lowest BCUT2D eigenvalue weighted by Crippen LogP contribution is -2.28. The van der Waals surface area contributed by atoms with Gasteiger partial charge in [0.15, 0.2) is 6.17 Å². The fraction of sp³-hybridized carbons (Fsp3) is 0.536. The highest BCUT2D eigenvalue weighted by molar-refractivity contribution is 5.72. The second kappa shape index (κ2) is 12.0. The van der Waals surface area contributed by atoms with Crippen molar-refractivity contribution in [2.75, 3.05) is 6.61 Å². The Morgan fingerprint density at radius 2 is 1.81 bits per heavy atom. The summed E-state index contributed by atoms with van der Waals surface area (Å²) in [7, 11) is 0. The molecule has 174 valence electrons. The van der Waals surface area contributed by atoms with Crippen molar-refractivity contribution in [3.63, 3.8) is 0 Å². The minimum atomic E-state index is -1.74. The number of carboxylic acid groups (broad SMARTS) is 1. The van der Waals surface area contributed by atoms with E-state index in [2.05, 4.69) is 49.4 Å². The molecule has 1 saturated carbocycles. The van der Waals surface area contributed by atoms with E-state index in [1.807, 2.05) is 13.0 Å². The maximum Gasteiger partial charge on any atom is 0.338 e. The van der Waals surface area contributed by atoms with Crippen LogP contribution >= 0.6 is 0 Å². The van der Waals surface area contributed by atoms with Gasteiger partial charge >= 0.3 is 5.97 Å². The average molecular weight is 441 g/mol. The Kier molecular flexibility index (Phi) is 9.13. The molecule has 3 nitrogen and oxygen atoms in total. The van der Waals surface area contributed by atoms with Gasteiger partial charge in [-0.15, -0.1) is 0 Å². The van der Waals surface area contributed by atoms with Gasteiger partial charge in [0, 0.05) is 0 Å². The second-order valence-corrected chi connectivity index (χ2v) is 9.24. The van der Waals surface area contributed by atoms with Crippen LogP contribution in [0.4, 0.5) is 4.39 Å². The maximum atomic E-state index is 13.7. The van der Waals surface area contributed by atoms with E-state index in [9.17, 15) is 9.18 Å². The molecular weight excluding hydrogens is 403 g/mol. The zero-order chi connectivity index (χ0) is 22.9. The molecule has 0 bridgehead atoms. The van der Waals surface area contributed by atoms with Crippen molar-refractivity contribution in [1.29, 1.82) is 0 Å². The summed E-state index contributed by atoms with van der Waals surface area (Å²) in [4.78, 5) is 10.9. The van der Waals surface area contributed by atoms with Gasteiger partial charge in [0.1, 0.15) is 5.75 Å². The highest BCUT2D eigenvalue weighted by Crippen LogP contribution is 2.37. The number of carboxylic acids is 1.